The molecular weight excluding hydrogens is 128 g/mol. The second-order valence-electron chi connectivity index (χ2n) is 1.94. The van der Waals surface area contributed by atoms with Crippen LogP contribution in [0.1, 0.15) is 5.56 Å². The normalized spacial score (nSPS) is 13.2. The average molecular weight is 134 g/mol. The first-order valence-electron chi connectivity index (χ1n) is 2.96. The first kappa shape index (κ1) is 5.22. The number of hydrazone groups is 1. The molecule has 0 saturated heterocycles. The lowest BCUT2D eigenvalue weighted by Crippen LogP contribution is -2.21. The number of rotatable bonds is 0. The summed E-state index contributed by atoms with van der Waals surface area (Å²) >= 11 is 0. The zero-order chi connectivity index (χ0) is 6.81. The summed E-state index contributed by atoms with van der Waals surface area (Å²) in [5.74, 6) is 0.817. The molecule has 0 aliphatic carbocycles. The van der Waals surface area contributed by atoms with Crippen LogP contribution in [0, 0.1) is 0 Å². The molecule has 0 spiro atoms. The lowest BCUT2D eigenvalue weighted by atomic mass is 10.3. The van der Waals surface area contributed by atoms with E-state index in [1.54, 1.807) is 12.4 Å². The molecule has 0 unspecified atom stereocenters. The molecule has 50 valence electrons. The number of anilines is 1. The molecule has 1 aromatic heterocycles. The second kappa shape index (κ2) is 1.98. The molecule has 0 fully saturated rings. The molecule has 2 heterocycles. The molecular formula is C6H6N4. The molecule has 4 nitrogen and oxygen atoms in total. The number of aromatic nitrogens is 1. The van der Waals surface area contributed by atoms with Gasteiger partial charge in [-0.15, -0.1) is 0 Å². The highest BCUT2D eigenvalue weighted by molar-refractivity contribution is 5.86. The highest BCUT2D eigenvalue weighted by atomic mass is 15.6. The van der Waals surface area contributed by atoms with E-state index in [0.29, 0.717) is 0 Å². The van der Waals surface area contributed by atoms with E-state index in [0.717, 1.165) is 11.4 Å². The average Bonchev–Trinajstić information content (AvgIpc) is 2.05. The number of pyridine rings is 1. The Hall–Kier alpha value is -1.58. The summed E-state index contributed by atoms with van der Waals surface area (Å²) in [6.07, 6.45) is 3.45. The summed E-state index contributed by atoms with van der Waals surface area (Å²) in [4.78, 5) is 4.05. The van der Waals surface area contributed by atoms with E-state index < -0.39 is 0 Å². The largest absolute Gasteiger partial charge is 0.268 e. The van der Waals surface area contributed by atoms with Gasteiger partial charge in [0.1, 0.15) is 0 Å². The zero-order valence-corrected chi connectivity index (χ0v) is 5.20. The van der Waals surface area contributed by atoms with E-state index >= 15 is 0 Å². The maximum Gasteiger partial charge on any atom is 0.154 e. The van der Waals surface area contributed by atoms with Gasteiger partial charge in [-0.25, -0.2) is 10.5 Å². The summed E-state index contributed by atoms with van der Waals surface area (Å²) in [5.41, 5.74) is 6.40. The molecule has 0 aromatic carbocycles. The molecule has 1 aliphatic rings. The fourth-order valence-corrected chi connectivity index (χ4v) is 0.813. The molecule has 0 saturated carbocycles. The Balaban J connectivity index is 2.54. The van der Waals surface area contributed by atoms with Crippen LogP contribution in [0.25, 0.3) is 0 Å². The van der Waals surface area contributed by atoms with Gasteiger partial charge in [-0.2, -0.15) is 5.10 Å². The smallest absolute Gasteiger partial charge is 0.154 e. The lowest BCUT2D eigenvalue weighted by Gasteiger charge is -2.10. The van der Waals surface area contributed by atoms with Gasteiger partial charge in [0, 0.05) is 11.8 Å². The summed E-state index contributed by atoms with van der Waals surface area (Å²) in [6, 6.07) is 3.82. The molecule has 4 heteroatoms. The Kier molecular flexibility index (Phi) is 1.04. The van der Waals surface area contributed by atoms with Crippen LogP contribution in [0.5, 0.6) is 0 Å². The maximum atomic E-state index is 4.05. The van der Waals surface area contributed by atoms with Gasteiger partial charge in [-0.05, 0) is 12.1 Å². The van der Waals surface area contributed by atoms with Crippen molar-refractivity contribution in [2.75, 3.05) is 5.43 Å². The first-order valence-corrected chi connectivity index (χ1v) is 2.96. The quantitative estimate of drug-likeness (QED) is 0.538. The molecule has 2 N–H and O–H groups in total. The fraction of sp³-hybridized carbons (Fsp3) is 0. The van der Waals surface area contributed by atoms with Crippen molar-refractivity contribution in [3.63, 3.8) is 0 Å². The SMILES string of the molecule is C1=NNNc2ncccc21. The van der Waals surface area contributed by atoms with Crippen LogP contribution in [0.3, 0.4) is 0 Å². The van der Waals surface area contributed by atoms with E-state index in [4.69, 9.17) is 0 Å². The summed E-state index contributed by atoms with van der Waals surface area (Å²) < 4.78 is 0. The highest BCUT2D eigenvalue weighted by Crippen LogP contribution is 2.08. The predicted molar refractivity (Wildman–Crippen MR) is 38.6 cm³/mol. The number of nitrogens with one attached hydrogen (secondary N) is 2. The lowest BCUT2D eigenvalue weighted by molar-refractivity contribution is 0.859. The second-order valence-corrected chi connectivity index (χ2v) is 1.94. The van der Waals surface area contributed by atoms with Gasteiger partial charge in [0.2, 0.25) is 0 Å². The Labute approximate surface area is 57.9 Å². The highest BCUT2D eigenvalue weighted by Gasteiger charge is 2.01. The molecule has 10 heavy (non-hydrogen) atoms. The minimum absolute atomic E-state index is 0.817. The van der Waals surface area contributed by atoms with Crippen LogP contribution in [0.15, 0.2) is 23.4 Å². The van der Waals surface area contributed by atoms with Crippen LogP contribution in [-0.2, 0) is 0 Å². The van der Waals surface area contributed by atoms with Crippen LogP contribution in [0.2, 0.25) is 0 Å². The number of fused-ring (bicyclic) bond motifs is 1. The van der Waals surface area contributed by atoms with Crippen LogP contribution >= 0.6 is 0 Å². The third-order valence-electron chi connectivity index (χ3n) is 1.28. The van der Waals surface area contributed by atoms with Crippen molar-refractivity contribution < 1.29 is 0 Å². The Morgan fingerprint density at radius 3 is 3.30 bits per heavy atom. The van der Waals surface area contributed by atoms with Crippen molar-refractivity contribution in [3.8, 4) is 0 Å². The summed E-state index contributed by atoms with van der Waals surface area (Å²) in [6.45, 7) is 0. The first-order chi connectivity index (χ1) is 4.97. The molecule has 0 bridgehead atoms. The van der Waals surface area contributed by atoms with E-state index in [1.165, 1.54) is 0 Å². The van der Waals surface area contributed by atoms with Crippen molar-refractivity contribution in [3.05, 3.63) is 23.9 Å². The summed E-state index contributed by atoms with van der Waals surface area (Å²) in [7, 11) is 0. The van der Waals surface area contributed by atoms with Gasteiger partial charge in [-0.1, -0.05) is 0 Å². The van der Waals surface area contributed by atoms with Gasteiger partial charge in [0.05, 0.1) is 6.21 Å². The minimum atomic E-state index is 0.817. The van der Waals surface area contributed by atoms with Gasteiger partial charge in [0.25, 0.3) is 0 Å². The van der Waals surface area contributed by atoms with Crippen LogP contribution in [0.4, 0.5) is 5.82 Å². The van der Waals surface area contributed by atoms with Gasteiger partial charge < -0.3 is 0 Å². The van der Waals surface area contributed by atoms with E-state index in [1.807, 2.05) is 12.1 Å². The van der Waals surface area contributed by atoms with Crippen LogP contribution < -0.4 is 11.0 Å². The number of hydrazine groups is 1. The van der Waals surface area contributed by atoms with E-state index in [-0.39, 0.29) is 0 Å². The molecule has 0 amide bonds. The summed E-state index contributed by atoms with van der Waals surface area (Å²) in [5, 5.41) is 3.79. The third kappa shape index (κ3) is 0.699. The number of hydrogen-bond donors (Lipinski definition) is 2. The molecule has 1 aliphatic heterocycles. The van der Waals surface area contributed by atoms with Gasteiger partial charge in [-0.3, -0.25) is 5.43 Å². The standard InChI is InChI=1S/C6H6N4/c1-2-5-4-8-10-9-6(5)7-3-1/h1-4,10H,(H,7,9). The monoisotopic (exact) mass is 134 g/mol. The van der Waals surface area contributed by atoms with Gasteiger partial charge >= 0.3 is 0 Å². The Morgan fingerprint density at radius 2 is 2.40 bits per heavy atom. The van der Waals surface area contributed by atoms with Crippen molar-refractivity contribution >= 4 is 12.0 Å². The number of hydrogen-bond acceptors (Lipinski definition) is 4. The van der Waals surface area contributed by atoms with Crippen molar-refractivity contribution in [2.45, 2.75) is 0 Å². The zero-order valence-electron chi connectivity index (χ0n) is 5.20. The molecule has 2 rings (SSSR count). The minimum Gasteiger partial charge on any atom is -0.268 e. The Bertz CT molecular complexity index is 268. The number of nitrogens with zero attached hydrogens (tertiary/aromatic N) is 2. The third-order valence-corrected chi connectivity index (χ3v) is 1.28. The van der Waals surface area contributed by atoms with Crippen LogP contribution in [-0.4, -0.2) is 11.2 Å². The topological polar surface area (TPSA) is 49.3 Å². The molecule has 0 radical (unpaired) electrons. The van der Waals surface area contributed by atoms with E-state index in [2.05, 4.69) is 21.0 Å². The Morgan fingerprint density at radius 1 is 1.40 bits per heavy atom. The van der Waals surface area contributed by atoms with Gasteiger partial charge in [0.15, 0.2) is 5.82 Å². The van der Waals surface area contributed by atoms with Crippen molar-refractivity contribution in [1.29, 1.82) is 0 Å². The predicted octanol–water partition coefficient (Wildman–Crippen LogP) is 0.346. The molecule has 0 atom stereocenters. The van der Waals surface area contributed by atoms with Crippen molar-refractivity contribution in [1.82, 2.24) is 10.5 Å². The fourth-order valence-electron chi connectivity index (χ4n) is 0.813. The maximum absolute atomic E-state index is 4.05. The molecule has 1 aromatic rings. The van der Waals surface area contributed by atoms with E-state index in [9.17, 15) is 0 Å². The van der Waals surface area contributed by atoms with Crippen molar-refractivity contribution in [2.24, 2.45) is 5.10 Å².